The van der Waals surface area contributed by atoms with Crippen LogP contribution in [0.4, 0.5) is 0 Å². The van der Waals surface area contributed by atoms with E-state index in [1.54, 1.807) is 11.3 Å². The third-order valence-electron chi connectivity index (χ3n) is 5.62. The molecule has 1 saturated heterocycles. The lowest BCUT2D eigenvalue weighted by Gasteiger charge is -2.37. The minimum absolute atomic E-state index is 0.0836. The highest BCUT2D eigenvalue weighted by molar-refractivity contribution is 7.09. The van der Waals surface area contributed by atoms with Crippen molar-refractivity contribution in [3.63, 3.8) is 0 Å². The second-order valence-corrected chi connectivity index (χ2v) is 8.46. The van der Waals surface area contributed by atoms with E-state index < -0.39 is 0 Å². The molecular weight excluding hydrogens is 366 g/mol. The van der Waals surface area contributed by atoms with Crippen LogP contribution in [-0.2, 0) is 17.9 Å². The van der Waals surface area contributed by atoms with Crippen LogP contribution in [0.5, 0.6) is 0 Å². The first-order valence-electron chi connectivity index (χ1n) is 9.94. The van der Waals surface area contributed by atoms with Crippen molar-refractivity contribution in [3.8, 4) is 0 Å². The predicted molar refractivity (Wildman–Crippen MR) is 116 cm³/mol. The fourth-order valence-electron chi connectivity index (χ4n) is 3.88. The molecule has 146 valence electrons. The number of carbonyl (C=O) groups is 1. The second-order valence-electron chi connectivity index (χ2n) is 7.42. The van der Waals surface area contributed by atoms with Crippen LogP contribution in [0.2, 0.25) is 0 Å². The van der Waals surface area contributed by atoms with Crippen LogP contribution in [0, 0.1) is 0 Å². The number of fused-ring (bicyclic) bond motifs is 1. The van der Waals surface area contributed by atoms with Gasteiger partial charge in [0.1, 0.15) is 0 Å². The molecule has 1 amide bonds. The Labute approximate surface area is 170 Å². The zero-order chi connectivity index (χ0) is 19.3. The molecular formula is C23H27N3OS. The molecule has 0 saturated carbocycles. The standard InChI is InChI=1S/C23H27N3OS/c1-18(23(27)24-16-21-9-5-15-28-21)26-13-11-25(12-14-26)17-20-8-4-7-19-6-2-3-10-22(19)20/h2-10,15,18H,11-14,16-17H2,1H3,(H,24,27). The van der Waals surface area contributed by atoms with Gasteiger partial charge in [-0.1, -0.05) is 48.5 Å². The van der Waals surface area contributed by atoms with E-state index in [9.17, 15) is 4.79 Å². The highest BCUT2D eigenvalue weighted by atomic mass is 32.1. The number of rotatable bonds is 6. The number of hydrogen-bond acceptors (Lipinski definition) is 4. The van der Waals surface area contributed by atoms with Gasteiger partial charge < -0.3 is 5.32 Å². The first-order chi connectivity index (χ1) is 13.7. The third-order valence-corrected chi connectivity index (χ3v) is 6.50. The van der Waals surface area contributed by atoms with Crippen LogP contribution in [0.3, 0.4) is 0 Å². The summed E-state index contributed by atoms with van der Waals surface area (Å²) in [5.41, 5.74) is 1.38. The van der Waals surface area contributed by atoms with Crippen molar-refractivity contribution in [3.05, 3.63) is 70.4 Å². The number of nitrogens with one attached hydrogen (secondary N) is 1. The lowest BCUT2D eigenvalue weighted by atomic mass is 10.0. The Balaban J connectivity index is 1.29. The topological polar surface area (TPSA) is 35.6 Å². The average molecular weight is 394 g/mol. The minimum Gasteiger partial charge on any atom is -0.350 e. The van der Waals surface area contributed by atoms with Gasteiger partial charge in [0.2, 0.25) is 5.91 Å². The molecule has 0 spiro atoms. The van der Waals surface area contributed by atoms with E-state index in [0.29, 0.717) is 6.54 Å². The third kappa shape index (κ3) is 4.43. The summed E-state index contributed by atoms with van der Waals surface area (Å²) in [4.78, 5) is 18.5. The summed E-state index contributed by atoms with van der Waals surface area (Å²) in [5, 5.41) is 7.75. The molecule has 3 aromatic rings. The summed E-state index contributed by atoms with van der Waals surface area (Å²) in [6, 6.07) is 19.1. The van der Waals surface area contributed by atoms with Crippen molar-refractivity contribution in [2.75, 3.05) is 26.2 Å². The summed E-state index contributed by atoms with van der Waals surface area (Å²) >= 11 is 1.68. The molecule has 1 aromatic heterocycles. The van der Waals surface area contributed by atoms with Gasteiger partial charge in [-0.3, -0.25) is 14.6 Å². The average Bonchev–Trinajstić information content (AvgIpc) is 3.26. The molecule has 28 heavy (non-hydrogen) atoms. The Morgan fingerprint density at radius 2 is 1.82 bits per heavy atom. The molecule has 1 fully saturated rings. The Kier molecular flexibility index (Phi) is 6.05. The van der Waals surface area contributed by atoms with Gasteiger partial charge in [0.05, 0.1) is 12.6 Å². The van der Waals surface area contributed by atoms with Gasteiger partial charge in [0.15, 0.2) is 0 Å². The molecule has 5 heteroatoms. The molecule has 2 heterocycles. The monoisotopic (exact) mass is 393 g/mol. The maximum absolute atomic E-state index is 12.5. The van der Waals surface area contributed by atoms with Crippen LogP contribution in [0.1, 0.15) is 17.4 Å². The zero-order valence-corrected chi connectivity index (χ0v) is 17.1. The summed E-state index contributed by atoms with van der Waals surface area (Å²) in [5.74, 6) is 0.121. The number of carbonyl (C=O) groups excluding carboxylic acids is 1. The van der Waals surface area contributed by atoms with Crippen LogP contribution in [0.15, 0.2) is 60.0 Å². The maximum atomic E-state index is 12.5. The van der Waals surface area contributed by atoms with E-state index in [0.717, 1.165) is 32.7 Å². The molecule has 1 aliphatic heterocycles. The summed E-state index contributed by atoms with van der Waals surface area (Å²) in [6.45, 7) is 7.45. The largest absolute Gasteiger partial charge is 0.350 e. The SMILES string of the molecule is CC(C(=O)NCc1cccs1)N1CCN(Cc2cccc3ccccc23)CC1. The zero-order valence-electron chi connectivity index (χ0n) is 16.3. The molecule has 2 aromatic carbocycles. The van der Waals surface area contributed by atoms with Gasteiger partial charge in [0.25, 0.3) is 0 Å². The quantitative estimate of drug-likeness (QED) is 0.693. The van der Waals surface area contributed by atoms with Crippen LogP contribution < -0.4 is 5.32 Å². The highest BCUT2D eigenvalue weighted by Gasteiger charge is 2.25. The number of amides is 1. The number of benzene rings is 2. The minimum atomic E-state index is -0.0836. The maximum Gasteiger partial charge on any atom is 0.237 e. The number of thiophene rings is 1. The van der Waals surface area contributed by atoms with E-state index in [-0.39, 0.29) is 11.9 Å². The van der Waals surface area contributed by atoms with Crippen molar-refractivity contribution in [2.45, 2.75) is 26.1 Å². The Hall–Kier alpha value is -2.21. The summed E-state index contributed by atoms with van der Waals surface area (Å²) < 4.78 is 0. The molecule has 0 aliphatic carbocycles. The van der Waals surface area contributed by atoms with Crippen molar-refractivity contribution in [2.24, 2.45) is 0 Å². The van der Waals surface area contributed by atoms with Gasteiger partial charge >= 0.3 is 0 Å². The lowest BCUT2D eigenvalue weighted by molar-refractivity contribution is -0.126. The molecule has 1 N–H and O–H groups in total. The predicted octanol–water partition coefficient (Wildman–Crippen LogP) is 3.72. The van der Waals surface area contributed by atoms with E-state index >= 15 is 0 Å². The van der Waals surface area contributed by atoms with Crippen molar-refractivity contribution in [1.29, 1.82) is 0 Å². The van der Waals surface area contributed by atoms with Crippen molar-refractivity contribution < 1.29 is 4.79 Å². The normalized spacial score (nSPS) is 16.9. The van der Waals surface area contributed by atoms with Crippen LogP contribution in [-0.4, -0.2) is 47.9 Å². The molecule has 1 aliphatic rings. The molecule has 4 nitrogen and oxygen atoms in total. The van der Waals surface area contributed by atoms with Gasteiger partial charge in [-0.15, -0.1) is 11.3 Å². The smallest absolute Gasteiger partial charge is 0.237 e. The van der Waals surface area contributed by atoms with Crippen LogP contribution >= 0.6 is 11.3 Å². The van der Waals surface area contributed by atoms with E-state index in [2.05, 4.69) is 63.6 Å². The first kappa shape index (κ1) is 19.1. The fourth-order valence-corrected chi connectivity index (χ4v) is 4.53. The summed E-state index contributed by atoms with van der Waals surface area (Å²) in [7, 11) is 0. The van der Waals surface area contributed by atoms with Crippen molar-refractivity contribution in [1.82, 2.24) is 15.1 Å². The Bertz CT molecular complexity index is 911. The molecule has 1 unspecified atom stereocenters. The van der Waals surface area contributed by atoms with E-state index in [4.69, 9.17) is 0 Å². The van der Waals surface area contributed by atoms with Gasteiger partial charge in [0, 0.05) is 37.6 Å². The molecule has 4 rings (SSSR count). The molecule has 0 bridgehead atoms. The Morgan fingerprint density at radius 3 is 2.61 bits per heavy atom. The molecule has 0 radical (unpaired) electrons. The van der Waals surface area contributed by atoms with E-state index in [1.165, 1.54) is 21.2 Å². The summed E-state index contributed by atoms with van der Waals surface area (Å²) in [6.07, 6.45) is 0. The number of piperazine rings is 1. The van der Waals surface area contributed by atoms with Gasteiger partial charge in [-0.2, -0.15) is 0 Å². The number of nitrogens with zero attached hydrogens (tertiary/aromatic N) is 2. The van der Waals surface area contributed by atoms with Gasteiger partial charge in [-0.25, -0.2) is 0 Å². The first-order valence-corrected chi connectivity index (χ1v) is 10.8. The highest BCUT2D eigenvalue weighted by Crippen LogP contribution is 2.21. The van der Waals surface area contributed by atoms with Crippen molar-refractivity contribution >= 4 is 28.0 Å². The number of hydrogen-bond donors (Lipinski definition) is 1. The van der Waals surface area contributed by atoms with Gasteiger partial charge in [-0.05, 0) is 34.7 Å². The Morgan fingerprint density at radius 1 is 1.04 bits per heavy atom. The lowest BCUT2D eigenvalue weighted by Crippen LogP contribution is -2.53. The second kappa shape index (κ2) is 8.86. The molecule has 1 atom stereocenters. The van der Waals surface area contributed by atoms with E-state index in [1.807, 2.05) is 18.4 Å². The fraction of sp³-hybridized carbons (Fsp3) is 0.348. The van der Waals surface area contributed by atoms with Crippen LogP contribution in [0.25, 0.3) is 10.8 Å².